The van der Waals surface area contributed by atoms with Crippen LogP contribution in [-0.2, 0) is 11.2 Å². The second-order valence-corrected chi connectivity index (χ2v) is 7.55. The first kappa shape index (κ1) is 22.1. The molecule has 0 aliphatic heterocycles. The van der Waals surface area contributed by atoms with Gasteiger partial charge in [0.05, 0.1) is 12.6 Å². The fourth-order valence-electron chi connectivity index (χ4n) is 3.44. The highest BCUT2D eigenvalue weighted by Crippen LogP contribution is 2.21. The molecule has 0 saturated carbocycles. The molecule has 3 aromatic carbocycles. The van der Waals surface area contributed by atoms with Gasteiger partial charge >= 0.3 is 0 Å². The van der Waals surface area contributed by atoms with Gasteiger partial charge in [-0.1, -0.05) is 61.5 Å². The lowest BCUT2D eigenvalue weighted by Gasteiger charge is -2.15. The van der Waals surface area contributed by atoms with Crippen molar-refractivity contribution in [2.24, 2.45) is 0 Å². The minimum Gasteiger partial charge on any atom is -0.376 e. The van der Waals surface area contributed by atoms with Crippen LogP contribution >= 0.6 is 0 Å². The second-order valence-electron chi connectivity index (χ2n) is 7.55. The van der Waals surface area contributed by atoms with Crippen LogP contribution in [0.25, 0.3) is 0 Å². The highest BCUT2D eigenvalue weighted by molar-refractivity contribution is 5.97. The van der Waals surface area contributed by atoms with Crippen molar-refractivity contribution < 1.29 is 9.59 Å². The van der Waals surface area contributed by atoms with Gasteiger partial charge in [0.2, 0.25) is 5.91 Å². The van der Waals surface area contributed by atoms with E-state index in [4.69, 9.17) is 0 Å². The lowest BCUT2D eigenvalue weighted by atomic mass is 10.1. The van der Waals surface area contributed by atoms with Crippen molar-refractivity contribution in [2.45, 2.75) is 33.2 Å². The van der Waals surface area contributed by atoms with E-state index in [0.29, 0.717) is 5.56 Å². The minimum absolute atomic E-state index is 0.0991. The van der Waals surface area contributed by atoms with Gasteiger partial charge in [-0.2, -0.15) is 0 Å². The maximum absolute atomic E-state index is 12.6. The Hall–Kier alpha value is -3.60. The van der Waals surface area contributed by atoms with Gasteiger partial charge in [0.15, 0.2) is 0 Å². The van der Waals surface area contributed by atoms with E-state index >= 15 is 0 Å². The maximum atomic E-state index is 12.6. The van der Waals surface area contributed by atoms with Crippen LogP contribution in [0.1, 0.15) is 46.9 Å². The number of rotatable bonds is 8. The fourth-order valence-corrected chi connectivity index (χ4v) is 3.44. The third-order valence-corrected chi connectivity index (χ3v) is 5.23. The molecule has 3 aromatic rings. The molecule has 0 saturated heterocycles. The zero-order chi connectivity index (χ0) is 22.2. The highest BCUT2D eigenvalue weighted by Gasteiger charge is 2.12. The molecular formula is C26H29N3O2. The third-order valence-electron chi connectivity index (χ3n) is 5.23. The summed E-state index contributed by atoms with van der Waals surface area (Å²) in [6, 6.07) is 22.9. The Kier molecular flexibility index (Phi) is 7.44. The lowest BCUT2D eigenvalue weighted by Crippen LogP contribution is -2.27. The van der Waals surface area contributed by atoms with E-state index in [9.17, 15) is 9.59 Å². The molecule has 1 atom stereocenters. The van der Waals surface area contributed by atoms with Crippen LogP contribution in [0.3, 0.4) is 0 Å². The largest absolute Gasteiger partial charge is 0.376 e. The molecule has 31 heavy (non-hydrogen) atoms. The monoisotopic (exact) mass is 415 g/mol. The van der Waals surface area contributed by atoms with E-state index in [1.165, 1.54) is 0 Å². The number of nitrogens with one attached hydrogen (secondary N) is 3. The van der Waals surface area contributed by atoms with Crippen molar-refractivity contribution in [1.82, 2.24) is 5.32 Å². The van der Waals surface area contributed by atoms with Crippen LogP contribution in [0.4, 0.5) is 11.4 Å². The van der Waals surface area contributed by atoms with Crippen LogP contribution < -0.4 is 16.0 Å². The van der Waals surface area contributed by atoms with E-state index in [-0.39, 0.29) is 24.4 Å². The van der Waals surface area contributed by atoms with Crippen molar-refractivity contribution in [1.29, 1.82) is 0 Å². The van der Waals surface area contributed by atoms with E-state index in [0.717, 1.165) is 34.5 Å². The molecule has 0 heterocycles. The number of amides is 2. The summed E-state index contributed by atoms with van der Waals surface area (Å²) in [4.78, 5) is 25.1. The third kappa shape index (κ3) is 5.95. The Balaban J connectivity index is 1.59. The molecule has 0 aliphatic carbocycles. The number of carbonyl (C=O) groups is 2. The molecule has 160 valence electrons. The molecule has 5 heteroatoms. The number of aryl methyl sites for hydroxylation is 2. The first-order valence-electron chi connectivity index (χ1n) is 10.6. The number of anilines is 2. The predicted octanol–water partition coefficient (Wildman–Crippen LogP) is 5.10. The van der Waals surface area contributed by atoms with E-state index in [2.05, 4.69) is 22.9 Å². The lowest BCUT2D eigenvalue weighted by molar-refractivity contribution is -0.114. The summed E-state index contributed by atoms with van der Waals surface area (Å²) in [5, 5.41) is 9.12. The topological polar surface area (TPSA) is 70.2 Å². The predicted molar refractivity (Wildman–Crippen MR) is 126 cm³/mol. The Morgan fingerprint density at radius 3 is 2.42 bits per heavy atom. The average molecular weight is 416 g/mol. The normalized spacial score (nSPS) is 11.5. The zero-order valence-corrected chi connectivity index (χ0v) is 18.2. The van der Waals surface area contributed by atoms with Crippen LogP contribution in [0, 0.1) is 6.92 Å². The van der Waals surface area contributed by atoms with Crippen molar-refractivity contribution in [3.8, 4) is 0 Å². The Morgan fingerprint density at radius 2 is 1.68 bits per heavy atom. The zero-order valence-electron chi connectivity index (χ0n) is 18.2. The summed E-state index contributed by atoms with van der Waals surface area (Å²) in [6.45, 7) is 6.12. The second kappa shape index (κ2) is 10.4. The highest BCUT2D eigenvalue weighted by atomic mass is 16.2. The maximum Gasteiger partial charge on any atom is 0.251 e. The van der Waals surface area contributed by atoms with Gasteiger partial charge in [0.1, 0.15) is 0 Å². The van der Waals surface area contributed by atoms with Crippen LogP contribution in [0.15, 0.2) is 72.8 Å². The number of benzene rings is 3. The number of hydrogen-bond donors (Lipinski definition) is 3. The summed E-state index contributed by atoms with van der Waals surface area (Å²) in [5.41, 5.74) is 5.33. The SMILES string of the molecule is CCc1cccc(C)c1NC(=O)CNc1cccc(C(=O)NC(C)c2ccccc2)c1. The molecule has 0 aromatic heterocycles. The average Bonchev–Trinajstić information content (AvgIpc) is 2.79. The van der Waals surface area contributed by atoms with Gasteiger partial charge in [0.25, 0.3) is 5.91 Å². The fraction of sp³-hybridized carbons (Fsp3) is 0.231. The smallest absolute Gasteiger partial charge is 0.251 e. The van der Waals surface area contributed by atoms with Crippen molar-refractivity contribution in [3.05, 3.63) is 95.1 Å². The van der Waals surface area contributed by atoms with Crippen LogP contribution in [0.2, 0.25) is 0 Å². The molecule has 5 nitrogen and oxygen atoms in total. The molecule has 1 unspecified atom stereocenters. The van der Waals surface area contributed by atoms with Gasteiger partial charge in [-0.15, -0.1) is 0 Å². The summed E-state index contributed by atoms with van der Waals surface area (Å²) in [6.07, 6.45) is 0.850. The van der Waals surface area contributed by atoms with Crippen molar-refractivity contribution in [2.75, 3.05) is 17.2 Å². The molecule has 0 aliphatic rings. The molecule has 0 bridgehead atoms. The molecular weight excluding hydrogens is 386 g/mol. The molecule has 0 spiro atoms. The molecule has 3 rings (SSSR count). The number of carbonyl (C=O) groups excluding carboxylic acids is 2. The molecule has 0 radical (unpaired) electrons. The van der Waals surface area contributed by atoms with Gasteiger partial charge in [-0.05, 0) is 55.2 Å². The molecule has 2 amide bonds. The van der Waals surface area contributed by atoms with E-state index < -0.39 is 0 Å². The molecule has 0 fully saturated rings. The van der Waals surface area contributed by atoms with E-state index in [1.807, 2.05) is 68.4 Å². The van der Waals surface area contributed by atoms with Gasteiger partial charge < -0.3 is 16.0 Å². The van der Waals surface area contributed by atoms with Crippen molar-refractivity contribution >= 4 is 23.2 Å². The molecule has 3 N–H and O–H groups in total. The Labute approximate surface area is 183 Å². The van der Waals surface area contributed by atoms with Gasteiger partial charge in [-0.3, -0.25) is 9.59 Å². The number of hydrogen-bond acceptors (Lipinski definition) is 3. The Bertz CT molecular complexity index is 1050. The van der Waals surface area contributed by atoms with Crippen molar-refractivity contribution in [3.63, 3.8) is 0 Å². The first-order valence-corrected chi connectivity index (χ1v) is 10.6. The summed E-state index contributed by atoms with van der Waals surface area (Å²) >= 11 is 0. The summed E-state index contributed by atoms with van der Waals surface area (Å²) < 4.78 is 0. The van der Waals surface area contributed by atoms with E-state index in [1.54, 1.807) is 18.2 Å². The van der Waals surface area contributed by atoms with Gasteiger partial charge in [-0.25, -0.2) is 0 Å². The summed E-state index contributed by atoms with van der Waals surface area (Å²) in [5.74, 6) is -0.284. The quantitative estimate of drug-likeness (QED) is 0.479. The first-order chi connectivity index (χ1) is 15.0. The van der Waals surface area contributed by atoms with Gasteiger partial charge in [0, 0.05) is 16.9 Å². The minimum atomic E-state index is -0.156. The standard InChI is InChI=1S/C26H29N3O2/c1-4-20-13-8-10-18(2)25(20)29-24(30)17-27-23-15-9-14-22(16-23)26(31)28-19(3)21-11-6-5-7-12-21/h5-16,19,27H,4,17H2,1-3H3,(H,28,31)(H,29,30). The number of para-hydroxylation sites is 1. The van der Waals surface area contributed by atoms with Crippen LogP contribution in [-0.4, -0.2) is 18.4 Å². The summed E-state index contributed by atoms with van der Waals surface area (Å²) in [7, 11) is 0. The van der Waals surface area contributed by atoms with Crippen LogP contribution in [0.5, 0.6) is 0 Å². The Morgan fingerprint density at radius 1 is 0.935 bits per heavy atom.